The number of nitrogens with zero attached hydrogens (tertiary/aromatic N) is 4. The molecular weight excluding hydrogens is 420 g/mol. The van der Waals surface area contributed by atoms with Crippen molar-refractivity contribution in [1.82, 2.24) is 19.5 Å². The fraction of sp³-hybridized carbons (Fsp3) is 0.294. The van der Waals surface area contributed by atoms with Gasteiger partial charge in [-0.25, -0.2) is 19.3 Å². The van der Waals surface area contributed by atoms with E-state index in [0.29, 0.717) is 5.56 Å². The third-order valence-corrected chi connectivity index (χ3v) is 5.06. The largest absolute Gasteiger partial charge is 0.394 e. The summed E-state index contributed by atoms with van der Waals surface area (Å²) < 4.78 is 37.4. The maximum absolute atomic E-state index is 14.9. The number of nitrogens with one attached hydrogen (secondary N) is 1. The van der Waals surface area contributed by atoms with Crippen molar-refractivity contribution in [2.45, 2.75) is 24.6 Å². The molecule has 0 saturated carbocycles. The summed E-state index contributed by atoms with van der Waals surface area (Å²) in [6, 6.07) is 8.48. The highest BCUT2D eigenvalue weighted by Crippen LogP contribution is 2.38. The molecule has 1 aliphatic heterocycles. The number of rotatable bonds is 6. The lowest BCUT2D eigenvalue weighted by atomic mass is 10.1. The molecular formula is C17H17FN5O6P. The first-order chi connectivity index (χ1) is 14.5. The number of anilines is 1. The van der Waals surface area contributed by atoms with Gasteiger partial charge in [-0.15, -0.1) is 0 Å². The van der Waals surface area contributed by atoms with Gasteiger partial charge in [0.1, 0.15) is 18.5 Å². The zero-order valence-corrected chi connectivity index (χ0v) is 16.3. The summed E-state index contributed by atoms with van der Waals surface area (Å²) in [6.07, 6.45) is -3.36. The summed E-state index contributed by atoms with van der Waals surface area (Å²) in [5, 5.41) is 12.0. The lowest BCUT2D eigenvalue weighted by Gasteiger charge is -2.16. The third-order valence-electron chi connectivity index (χ3n) is 4.58. The van der Waals surface area contributed by atoms with E-state index >= 15 is 0 Å². The molecule has 0 radical (unpaired) electrons. The molecule has 0 aliphatic carbocycles. The zero-order valence-electron chi connectivity index (χ0n) is 15.3. The Kier molecular flexibility index (Phi) is 5.84. The van der Waals surface area contributed by atoms with Crippen molar-refractivity contribution in [2.75, 3.05) is 11.9 Å². The Hall–Kier alpha value is -2.76. The van der Waals surface area contributed by atoms with E-state index in [-0.39, 0.29) is 17.0 Å². The molecule has 1 saturated heterocycles. The fourth-order valence-electron chi connectivity index (χ4n) is 3.22. The van der Waals surface area contributed by atoms with Crippen LogP contribution in [0.1, 0.15) is 16.6 Å². The van der Waals surface area contributed by atoms with Gasteiger partial charge in [-0.3, -0.25) is 13.9 Å². The normalized spacial score (nSPS) is 24.8. The van der Waals surface area contributed by atoms with Crippen molar-refractivity contribution in [3.05, 3.63) is 48.5 Å². The Balaban J connectivity index is 1.63. The van der Waals surface area contributed by atoms with Crippen molar-refractivity contribution >= 4 is 31.1 Å². The second-order valence-corrected chi connectivity index (χ2v) is 7.17. The highest BCUT2D eigenvalue weighted by Gasteiger charge is 2.48. The molecule has 11 nitrogen and oxygen atoms in total. The van der Waals surface area contributed by atoms with Crippen LogP contribution < -0.4 is 5.32 Å². The van der Waals surface area contributed by atoms with Crippen LogP contribution in [0, 0.1) is 0 Å². The van der Waals surface area contributed by atoms with E-state index in [2.05, 4.69) is 20.3 Å². The summed E-state index contributed by atoms with van der Waals surface area (Å²) in [6.45, 7) is -0.614. The molecule has 3 aromatic rings. The molecule has 3 N–H and O–H groups in total. The van der Waals surface area contributed by atoms with Crippen molar-refractivity contribution < 1.29 is 33.0 Å². The highest BCUT2D eigenvalue weighted by atomic mass is 31.1. The Morgan fingerprint density at radius 3 is 2.77 bits per heavy atom. The number of carbonyl (C=O) groups is 1. The molecule has 1 aliphatic rings. The van der Waals surface area contributed by atoms with Crippen LogP contribution in [0.2, 0.25) is 0 Å². The smallest absolute Gasteiger partial charge is 0.317 e. The van der Waals surface area contributed by atoms with E-state index in [1.54, 1.807) is 30.3 Å². The van der Waals surface area contributed by atoms with Crippen LogP contribution in [-0.2, 0) is 13.8 Å². The molecule has 1 aromatic carbocycles. The summed E-state index contributed by atoms with van der Waals surface area (Å²) in [4.78, 5) is 33.7. The summed E-state index contributed by atoms with van der Waals surface area (Å²) in [5.74, 6) is -0.291. The number of hydrogen-bond acceptors (Lipinski definition) is 8. The number of carbonyl (C=O) groups excluding carboxylic acids is 1. The highest BCUT2D eigenvalue weighted by molar-refractivity contribution is 7.32. The topological polar surface area (TPSA) is 149 Å². The monoisotopic (exact) mass is 437 g/mol. The molecule has 158 valence electrons. The van der Waals surface area contributed by atoms with E-state index in [1.165, 1.54) is 17.2 Å². The van der Waals surface area contributed by atoms with E-state index < -0.39 is 45.4 Å². The number of fused-ring (bicyclic) bond motifs is 1. The van der Waals surface area contributed by atoms with Crippen LogP contribution in [-0.4, -0.2) is 60.4 Å². The first kappa shape index (κ1) is 20.5. The lowest BCUT2D eigenvalue weighted by Crippen LogP contribution is -2.32. The minimum absolute atomic E-state index is 0.118. The van der Waals surface area contributed by atoms with Gasteiger partial charge in [-0.1, -0.05) is 18.2 Å². The predicted molar refractivity (Wildman–Crippen MR) is 102 cm³/mol. The van der Waals surface area contributed by atoms with E-state index in [0.717, 1.165) is 0 Å². The SMILES string of the molecule is O=C(Nc1ncnc2c1ncn2[C@@H]1O[C@H](CO)[C@@H](O[PH](=O)O)[C@H]1F)c1ccccc1. The van der Waals surface area contributed by atoms with Gasteiger partial charge < -0.3 is 24.6 Å². The Bertz CT molecular complexity index is 1080. The lowest BCUT2D eigenvalue weighted by molar-refractivity contribution is -0.0436. The molecule has 1 fully saturated rings. The zero-order chi connectivity index (χ0) is 21.3. The van der Waals surface area contributed by atoms with Gasteiger partial charge in [0.15, 0.2) is 29.4 Å². The second-order valence-electron chi connectivity index (χ2n) is 6.41. The van der Waals surface area contributed by atoms with Crippen molar-refractivity contribution in [1.29, 1.82) is 0 Å². The predicted octanol–water partition coefficient (Wildman–Crippen LogP) is 1.07. The Morgan fingerprint density at radius 2 is 2.07 bits per heavy atom. The fourth-order valence-corrected chi connectivity index (χ4v) is 3.74. The molecule has 13 heteroatoms. The second kappa shape index (κ2) is 8.54. The maximum Gasteiger partial charge on any atom is 0.317 e. The van der Waals surface area contributed by atoms with Crippen molar-refractivity contribution in [2.24, 2.45) is 0 Å². The van der Waals surface area contributed by atoms with Crippen LogP contribution in [0.3, 0.4) is 0 Å². The first-order valence-corrected chi connectivity index (χ1v) is 10.1. The number of ether oxygens (including phenoxy) is 1. The quantitative estimate of drug-likeness (QED) is 0.482. The van der Waals surface area contributed by atoms with Crippen molar-refractivity contribution in [3.8, 4) is 0 Å². The molecule has 2 aromatic heterocycles. The van der Waals surface area contributed by atoms with Gasteiger partial charge in [-0.2, -0.15) is 0 Å². The molecule has 5 atom stereocenters. The number of imidazole rings is 1. The standard InChI is InChI=1S/C17H17FN5O6P/c18-11-13(29-30(26)27)10(6-24)28-17(11)23-8-21-12-14(19-7-20-15(12)23)22-16(25)9-4-2-1-3-5-9/h1-5,7-8,10-11,13,17,24,30H,6H2,(H,26,27)(H,19,20,22,25)/t10-,11-,13-,17-/m1/s1. The molecule has 4 rings (SSSR count). The molecule has 1 amide bonds. The van der Waals surface area contributed by atoms with E-state index in [1.807, 2.05) is 0 Å². The molecule has 3 heterocycles. The van der Waals surface area contributed by atoms with Crippen LogP contribution in [0.5, 0.6) is 0 Å². The average Bonchev–Trinajstić information content (AvgIpc) is 3.30. The molecule has 30 heavy (non-hydrogen) atoms. The molecule has 0 spiro atoms. The van der Waals surface area contributed by atoms with Crippen LogP contribution in [0.4, 0.5) is 10.2 Å². The van der Waals surface area contributed by atoms with E-state index in [9.17, 15) is 18.9 Å². The van der Waals surface area contributed by atoms with Gasteiger partial charge in [0.2, 0.25) is 0 Å². The number of benzene rings is 1. The van der Waals surface area contributed by atoms with Gasteiger partial charge in [-0.05, 0) is 12.1 Å². The van der Waals surface area contributed by atoms with Gasteiger partial charge in [0.25, 0.3) is 5.91 Å². The number of alkyl halides is 1. The van der Waals surface area contributed by atoms with E-state index in [4.69, 9.17) is 14.2 Å². The minimum Gasteiger partial charge on any atom is -0.394 e. The summed E-state index contributed by atoms with van der Waals surface area (Å²) in [5.41, 5.74) is 0.768. The number of hydrogen-bond donors (Lipinski definition) is 3. The molecule has 0 bridgehead atoms. The average molecular weight is 437 g/mol. The minimum atomic E-state index is -3.45. The molecule has 1 unspecified atom stereocenters. The van der Waals surface area contributed by atoms with Crippen LogP contribution in [0.25, 0.3) is 11.2 Å². The summed E-state index contributed by atoms with van der Waals surface area (Å²) >= 11 is 0. The Labute approximate surface area is 169 Å². The number of halogens is 1. The number of aliphatic hydroxyl groups excluding tert-OH is 1. The van der Waals surface area contributed by atoms with Gasteiger partial charge in [0.05, 0.1) is 12.9 Å². The van der Waals surface area contributed by atoms with Crippen LogP contribution >= 0.6 is 8.25 Å². The number of aromatic nitrogens is 4. The Morgan fingerprint density at radius 1 is 1.30 bits per heavy atom. The number of aliphatic hydroxyl groups is 1. The van der Waals surface area contributed by atoms with Gasteiger partial charge in [0, 0.05) is 5.56 Å². The number of amides is 1. The third kappa shape index (κ3) is 3.83. The van der Waals surface area contributed by atoms with Gasteiger partial charge >= 0.3 is 8.25 Å². The van der Waals surface area contributed by atoms with Crippen LogP contribution in [0.15, 0.2) is 43.0 Å². The maximum atomic E-state index is 14.9. The first-order valence-electron chi connectivity index (χ1n) is 8.83. The van der Waals surface area contributed by atoms with Crippen molar-refractivity contribution in [3.63, 3.8) is 0 Å². The summed E-state index contributed by atoms with van der Waals surface area (Å²) in [7, 11) is -3.45.